The molecule has 1 aromatic rings. The summed E-state index contributed by atoms with van der Waals surface area (Å²) in [5.41, 5.74) is 0.717. The van der Waals surface area contributed by atoms with Gasteiger partial charge in [0, 0.05) is 33.3 Å². The van der Waals surface area contributed by atoms with Gasteiger partial charge in [0.15, 0.2) is 0 Å². The maximum Gasteiger partial charge on any atom is 0.211 e. The van der Waals surface area contributed by atoms with E-state index in [1.54, 1.807) is 0 Å². The molecule has 1 aliphatic rings. The molecular weight excluding hydrogens is 280 g/mol. The third-order valence-corrected chi connectivity index (χ3v) is 4.40. The van der Waals surface area contributed by atoms with Crippen LogP contribution in [0.4, 0.5) is 5.82 Å². The average Bonchev–Trinajstić information content (AvgIpc) is 2.37. The first-order valence-corrected chi connectivity index (χ1v) is 8.22. The summed E-state index contributed by atoms with van der Waals surface area (Å²) in [4.78, 5) is 10.6. The van der Waals surface area contributed by atoms with E-state index < -0.39 is 10.0 Å². The summed E-state index contributed by atoms with van der Waals surface area (Å²) in [5, 5.41) is 0. The fraction of sp³-hybridized carbons (Fsp3) is 0.667. The lowest BCUT2D eigenvalue weighted by molar-refractivity contribution is -0.00485. The summed E-state index contributed by atoms with van der Waals surface area (Å²) >= 11 is 0. The molecule has 1 aliphatic heterocycles. The summed E-state index contributed by atoms with van der Waals surface area (Å²) in [5.74, 6) is 1.43. The van der Waals surface area contributed by atoms with Crippen molar-refractivity contribution in [3.8, 4) is 0 Å². The Balaban J connectivity index is 2.27. The van der Waals surface area contributed by atoms with Crippen LogP contribution < -0.4 is 4.90 Å². The van der Waals surface area contributed by atoms with Crippen molar-refractivity contribution in [1.29, 1.82) is 0 Å². The monoisotopic (exact) mass is 300 g/mol. The lowest BCUT2D eigenvalue weighted by atomic mass is 10.2. The summed E-state index contributed by atoms with van der Waals surface area (Å²) in [6.07, 6.45) is 0.866. The number of ether oxygens (including phenoxy) is 1. The largest absolute Gasteiger partial charge is 0.369 e. The zero-order valence-corrected chi connectivity index (χ0v) is 13.0. The predicted octanol–water partition coefficient (Wildman–Crippen LogP) is 0.184. The number of anilines is 1. The summed E-state index contributed by atoms with van der Waals surface area (Å²) in [6.45, 7) is 2.87. The van der Waals surface area contributed by atoms with Gasteiger partial charge in [0.2, 0.25) is 10.0 Å². The van der Waals surface area contributed by atoms with Crippen LogP contribution in [-0.2, 0) is 14.8 Å². The quantitative estimate of drug-likeness (QED) is 0.793. The normalized spacial score (nSPS) is 20.9. The molecule has 1 saturated heterocycles. The van der Waals surface area contributed by atoms with Crippen LogP contribution in [0.3, 0.4) is 0 Å². The number of aromatic nitrogens is 2. The van der Waals surface area contributed by atoms with Gasteiger partial charge in [0.25, 0.3) is 0 Å². The molecule has 0 amide bonds. The molecule has 2 rings (SSSR count). The lowest BCUT2D eigenvalue weighted by Gasteiger charge is -2.31. The molecule has 112 valence electrons. The van der Waals surface area contributed by atoms with Crippen LogP contribution in [-0.4, -0.2) is 62.7 Å². The Morgan fingerprint density at radius 1 is 1.40 bits per heavy atom. The van der Waals surface area contributed by atoms with Crippen molar-refractivity contribution in [3.63, 3.8) is 0 Å². The Labute approximate surface area is 119 Å². The molecule has 0 bridgehead atoms. The molecule has 0 saturated carbocycles. The molecule has 0 radical (unpaired) electrons. The van der Waals surface area contributed by atoms with E-state index in [1.807, 2.05) is 32.0 Å². The number of nitrogens with zero attached hydrogens (tertiary/aromatic N) is 4. The first kappa shape index (κ1) is 15.1. The minimum atomic E-state index is -3.20. The fourth-order valence-corrected chi connectivity index (χ4v) is 2.89. The van der Waals surface area contributed by atoms with Crippen LogP contribution in [0.25, 0.3) is 0 Å². The molecular formula is C12H20N4O3S. The highest BCUT2D eigenvalue weighted by molar-refractivity contribution is 7.88. The first-order chi connectivity index (χ1) is 9.27. The van der Waals surface area contributed by atoms with E-state index >= 15 is 0 Å². The zero-order valence-electron chi connectivity index (χ0n) is 12.2. The summed E-state index contributed by atoms with van der Waals surface area (Å²) in [6, 6.07) is 1.84. The second kappa shape index (κ2) is 5.63. The third-order valence-electron chi connectivity index (χ3n) is 3.13. The highest BCUT2D eigenvalue weighted by Gasteiger charge is 2.28. The Kier molecular flexibility index (Phi) is 4.26. The summed E-state index contributed by atoms with van der Waals surface area (Å²) in [7, 11) is 0.594. The number of morpholine rings is 1. The van der Waals surface area contributed by atoms with Gasteiger partial charge in [-0.2, -0.15) is 4.31 Å². The maximum atomic E-state index is 11.6. The van der Waals surface area contributed by atoms with Crippen molar-refractivity contribution in [2.75, 3.05) is 44.9 Å². The van der Waals surface area contributed by atoms with Gasteiger partial charge in [-0.15, -0.1) is 0 Å². The number of aryl methyl sites for hydroxylation is 1. The van der Waals surface area contributed by atoms with Crippen LogP contribution in [0.1, 0.15) is 17.6 Å². The molecule has 0 aromatic carbocycles. The molecule has 0 unspecified atom stereocenters. The molecule has 20 heavy (non-hydrogen) atoms. The van der Waals surface area contributed by atoms with Gasteiger partial charge in [-0.05, 0) is 6.92 Å². The molecule has 1 fully saturated rings. The van der Waals surface area contributed by atoms with Gasteiger partial charge in [-0.3, -0.25) is 0 Å². The van der Waals surface area contributed by atoms with Gasteiger partial charge in [0.1, 0.15) is 17.7 Å². The molecule has 0 spiro atoms. The summed E-state index contributed by atoms with van der Waals surface area (Å²) < 4.78 is 30.4. The van der Waals surface area contributed by atoms with Crippen molar-refractivity contribution in [2.45, 2.75) is 13.0 Å². The SMILES string of the molecule is Cc1nc([C@H]2CN(S(C)(=O)=O)CCO2)cc(N(C)C)n1. The standard InChI is InChI=1S/C12H20N4O3S/c1-9-13-10(7-12(14-9)15(2)3)11-8-16(5-6-19-11)20(4,17)18/h7,11H,5-6,8H2,1-4H3/t11-/m1/s1. The Morgan fingerprint density at radius 2 is 2.10 bits per heavy atom. The van der Waals surface area contributed by atoms with Crippen LogP contribution >= 0.6 is 0 Å². The third kappa shape index (κ3) is 3.44. The highest BCUT2D eigenvalue weighted by Crippen LogP contribution is 2.24. The molecule has 8 heteroatoms. The number of hydrogen-bond donors (Lipinski definition) is 0. The van der Waals surface area contributed by atoms with E-state index in [4.69, 9.17) is 4.74 Å². The van der Waals surface area contributed by atoms with Crippen molar-refractivity contribution in [2.24, 2.45) is 0 Å². The second-order valence-electron chi connectivity index (χ2n) is 5.07. The van der Waals surface area contributed by atoms with E-state index in [0.717, 1.165) is 11.5 Å². The predicted molar refractivity (Wildman–Crippen MR) is 76.2 cm³/mol. The topological polar surface area (TPSA) is 75.6 Å². The van der Waals surface area contributed by atoms with Gasteiger partial charge < -0.3 is 9.64 Å². The van der Waals surface area contributed by atoms with Crippen LogP contribution in [0, 0.1) is 6.92 Å². The Bertz CT molecular complexity index is 588. The Hall–Kier alpha value is -1.25. The number of hydrogen-bond acceptors (Lipinski definition) is 6. The van der Waals surface area contributed by atoms with E-state index in [9.17, 15) is 8.42 Å². The highest BCUT2D eigenvalue weighted by atomic mass is 32.2. The van der Waals surface area contributed by atoms with Crippen molar-refractivity contribution < 1.29 is 13.2 Å². The number of rotatable bonds is 3. The van der Waals surface area contributed by atoms with Gasteiger partial charge in [-0.1, -0.05) is 0 Å². The van der Waals surface area contributed by atoms with Crippen LogP contribution in [0.15, 0.2) is 6.07 Å². The van der Waals surface area contributed by atoms with E-state index in [2.05, 4.69) is 9.97 Å². The van der Waals surface area contributed by atoms with Crippen molar-refractivity contribution in [1.82, 2.24) is 14.3 Å². The minimum absolute atomic E-state index is 0.294. The Morgan fingerprint density at radius 3 is 2.70 bits per heavy atom. The molecule has 0 N–H and O–H groups in total. The number of sulfonamides is 1. The van der Waals surface area contributed by atoms with Crippen molar-refractivity contribution >= 4 is 15.8 Å². The van der Waals surface area contributed by atoms with E-state index in [-0.39, 0.29) is 6.10 Å². The fourth-order valence-electron chi connectivity index (χ4n) is 2.07. The zero-order chi connectivity index (χ0) is 14.9. The van der Waals surface area contributed by atoms with Gasteiger partial charge >= 0.3 is 0 Å². The van der Waals surface area contributed by atoms with Crippen LogP contribution in [0.2, 0.25) is 0 Å². The first-order valence-electron chi connectivity index (χ1n) is 6.37. The molecule has 7 nitrogen and oxygen atoms in total. The van der Waals surface area contributed by atoms with E-state index in [0.29, 0.717) is 25.5 Å². The molecule has 2 heterocycles. The minimum Gasteiger partial charge on any atom is -0.369 e. The second-order valence-corrected chi connectivity index (χ2v) is 7.06. The lowest BCUT2D eigenvalue weighted by Crippen LogP contribution is -2.41. The average molecular weight is 300 g/mol. The van der Waals surface area contributed by atoms with Crippen LogP contribution in [0.5, 0.6) is 0 Å². The van der Waals surface area contributed by atoms with Crippen molar-refractivity contribution in [3.05, 3.63) is 17.6 Å². The molecule has 0 aliphatic carbocycles. The van der Waals surface area contributed by atoms with Gasteiger partial charge in [0.05, 0.1) is 18.6 Å². The smallest absolute Gasteiger partial charge is 0.211 e. The molecule has 1 atom stereocenters. The van der Waals surface area contributed by atoms with E-state index in [1.165, 1.54) is 10.6 Å². The maximum absolute atomic E-state index is 11.6. The molecule has 1 aromatic heterocycles. The van der Waals surface area contributed by atoms with Gasteiger partial charge in [-0.25, -0.2) is 18.4 Å².